The maximum Gasteiger partial charge on any atom is 0.275 e. The second kappa shape index (κ2) is 9.54. The summed E-state index contributed by atoms with van der Waals surface area (Å²) in [4.78, 5) is 33.0. The lowest BCUT2D eigenvalue weighted by atomic mass is 9.88. The normalized spacial score (nSPS) is 21.6. The Labute approximate surface area is 213 Å². The Morgan fingerprint density at radius 3 is 2.56 bits per heavy atom. The highest BCUT2D eigenvalue weighted by molar-refractivity contribution is 5.95. The zero-order valence-corrected chi connectivity index (χ0v) is 22.1. The van der Waals surface area contributed by atoms with Gasteiger partial charge >= 0.3 is 0 Å². The van der Waals surface area contributed by atoms with Gasteiger partial charge in [-0.25, -0.2) is 0 Å². The number of aromatic nitrogens is 2. The quantitative estimate of drug-likeness (QED) is 0.708. The third kappa shape index (κ3) is 4.51. The van der Waals surface area contributed by atoms with Gasteiger partial charge in [0.25, 0.3) is 5.91 Å². The smallest absolute Gasteiger partial charge is 0.275 e. The van der Waals surface area contributed by atoms with E-state index < -0.39 is 5.54 Å². The van der Waals surface area contributed by atoms with Gasteiger partial charge in [0.05, 0.1) is 6.10 Å². The third-order valence-corrected chi connectivity index (χ3v) is 8.44. The fourth-order valence-electron chi connectivity index (χ4n) is 6.19. The number of carbonyl (C=O) groups is 2. The number of likely N-dealkylation sites (tertiary alicyclic amines) is 1. The Morgan fingerprint density at radius 1 is 1.08 bits per heavy atom. The van der Waals surface area contributed by atoms with Crippen molar-refractivity contribution in [1.82, 2.24) is 19.6 Å². The van der Waals surface area contributed by atoms with Gasteiger partial charge in [-0.15, -0.1) is 0 Å². The SMILES string of the molecule is Cc1cccc(N2CCN(C(=O)Cn3nc(C(=O)N4CCC(O)CC4(C)C)c4c3CCC4)CC2)c1C. The number of hydrogen-bond acceptors (Lipinski definition) is 5. The maximum atomic E-state index is 13.6. The highest BCUT2D eigenvalue weighted by Gasteiger charge is 2.40. The van der Waals surface area contributed by atoms with E-state index in [2.05, 4.69) is 36.9 Å². The zero-order chi connectivity index (χ0) is 25.6. The summed E-state index contributed by atoms with van der Waals surface area (Å²) >= 11 is 0. The standard InChI is InChI=1S/C28H39N5O3/c1-19-7-5-9-23(20(19)2)30-13-15-31(16-14-30)25(35)18-33-24-10-6-8-22(24)26(29-33)27(36)32-12-11-21(34)17-28(32,3)4/h5,7,9,21,34H,6,8,10-18H2,1-4H3. The first-order chi connectivity index (χ1) is 17.2. The van der Waals surface area contributed by atoms with E-state index in [9.17, 15) is 14.7 Å². The van der Waals surface area contributed by atoms with Crippen molar-refractivity contribution in [2.24, 2.45) is 0 Å². The molecule has 1 atom stereocenters. The molecule has 8 heteroatoms. The number of fused-ring (bicyclic) bond motifs is 1. The Kier molecular flexibility index (Phi) is 6.57. The van der Waals surface area contributed by atoms with Gasteiger partial charge in [0.2, 0.25) is 5.91 Å². The van der Waals surface area contributed by atoms with E-state index >= 15 is 0 Å². The summed E-state index contributed by atoms with van der Waals surface area (Å²) in [5.41, 5.74) is 5.96. The number of amides is 2. The molecule has 0 saturated carbocycles. The van der Waals surface area contributed by atoms with E-state index in [-0.39, 0.29) is 24.5 Å². The lowest BCUT2D eigenvalue weighted by Gasteiger charge is -2.44. The first kappa shape index (κ1) is 24.8. The Bertz CT molecular complexity index is 1160. The van der Waals surface area contributed by atoms with Crippen LogP contribution in [0.1, 0.15) is 66.0 Å². The van der Waals surface area contributed by atoms with Crippen molar-refractivity contribution < 1.29 is 14.7 Å². The van der Waals surface area contributed by atoms with E-state index in [0.29, 0.717) is 38.2 Å². The summed E-state index contributed by atoms with van der Waals surface area (Å²) in [7, 11) is 0. The summed E-state index contributed by atoms with van der Waals surface area (Å²) in [5.74, 6) is -0.00775. The van der Waals surface area contributed by atoms with Crippen LogP contribution >= 0.6 is 0 Å². The predicted octanol–water partition coefficient (Wildman–Crippen LogP) is 2.71. The van der Waals surface area contributed by atoms with Crippen molar-refractivity contribution in [2.75, 3.05) is 37.6 Å². The number of rotatable bonds is 4. The van der Waals surface area contributed by atoms with Gasteiger partial charge in [-0.3, -0.25) is 14.3 Å². The second-order valence-corrected chi connectivity index (χ2v) is 11.3. The molecule has 36 heavy (non-hydrogen) atoms. The molecule has 2 aliphatic heterocycles. The number of nitrogens with zero attached hydrogens (tertiary/aromatic N) is 5. The number of aryl methyl sites for hydroxylation is 1. The van der Waals surface area contributed by atoms with Gasteiger partial charge in [-0.05, 0) is 77.0 Å². The summed E-state index contributed by atoms with van der Waals surface area (Å²) in [6.45, 7) is 12.0. The molecule has 0 radical (unpaired) electrons. The predicted molar refractivity (Wildman–Crippen MR) is 139 cm³/mol. The largest absolute Gasteiger partial charge is 0.393 e. The van der Waals surface area contributed by atoms with Crippen LogP contribution in [0.25, 0.3) is 0 Å². The van der Waals surface area contributed by atoms with Crippen LogP contribution in [-0.4, -0.2) is 80.9 Å². The van der Waals surface area contributed by atoms with Gasteiger partial charge in [0, 0.05) is 55.2 Å². The molecule has 2 fully saturated rings. The van der Waals surface area contributed by atoms with Crippen LogP contribution in [0.15, 0.2) is 18.2 Å². The fraction of sp³-hybridized carbons (Fsp3) is 0.607. The topological polar surface area (TPSA) is 81.9 Å². The molecule has 3 heterocycles. The van der Waals surface area contributed by atoms with E-state index in [1.165, 1.54) is 16.8 Å². The molecule has 1 N–H and O–H groups in total. The Balaban J connectivity index is 1.27. The van der Waals surface area contributed by atoms with Crippen molar-refractivity contribution in [3.63, 3.8) is 0 Å². The number of aliphatic hydroxyl groups excluding tert-OH is 1. The molecule has 0 spiro atoms. The minimum absolute atomic E-state index is 0.0632. The van der Waals surface area contributed by atoms with E-state index in [1.807, 2.05) is 23.6 Å². The lowest BCUT2D eigenvalue weighted by Crippen LogP contribution is -2.54. The van der Waals surface area contributed by atoms with Gasteiger partial charge in [-0.2, -0.15) is 5.10 Å². The molecule has 5 rings (SSSR count). The molecular weight excluding hydrogens is 454 g/mol. The van der Waals surface area contributed by atoms with Crippen LogP contribution in [0.3, 0.4) is 0 Å². The van der Waals surface area contributed by atoms with Gasteiger partial charge < -0.3 is 19.8 Å². The molecule has 8 nitrogen and oxygen atoms in total. The van der Waals surface area contributed by atoms with Crippen molar-refractivity contribution in [3.8, 4) is 0 Å². The van der Waals surface area contributed by atoms with Crippen LogP contribution in [0.5, 0.6) is 0 Å². The van der Waals surface area contributed by atoms with E-state index in [0.717, 1.165) is 43.6 Å². The summed E-state index contributed by atoms with van der Waals surface area (Å²) < 4.78 is 1.79. The summed E-state index contributed by atoms with van der Waals surface area (Å²) in [6.07, 6.45) is 3.44. The Morgan fingerprint density at radius 2 is 1.83 bits per heavy atom. The molecule has 194 valence electrons. The monoisotopic (exact) mass is 493 g/mol. The average Bonchev–Trinajstić information content (AvgIpc) is 3.44. The van der Waals surface area contributed by atoms with Crippen molar-refractivity contribution >= 4 is 17.5 Å². The fourth-order valence-corrected chi connectivity index (χ4v) is 6.19. The van der Waals surface area contributed by atoms with Crippen LogP contribution in [0.2, 0.25) is 0 Å². The average molecular weight is 494 g/mol. The van der Waals surface area contributed by atoms with Gasteiger partial charge in [0.1, 0.15) is 6.54 Å². The minimum Gasteiger partial charge on any atom is -0.393 e. The van der Waals surface area contributed by atoms with Crippen LogP contribution in [-0.2, 0) is 24.2 Å². The molecular formula is C28H39N5O3. The van der Waals surface area contributed by atoms with Gasteiger partial charge in [0.15, 0.2) is 5.69 Å². The summed E-state index contributed by atoms with van der Waals surface area (Å²) in [5, 5.41) is 14.8. The lowest BCUT2D eigenvalue weighted by molar-refractivity contribution is -0.132. The second-order valence-electron chi connectivity index (χ2n) is 11.3. The van der Waals surface area contributed by atoms with E-state index in [4.69, 9.17) is 5.10 Å². The molecule has 0 bridgehead atoms. The van der Waals surface area contributed by atoms with Gasteiger partial charge in [-0.1, -0.05) is 12.1 Å². The molecule has 3 aliphatic rings. The third-order valence-electron chi connectivity index (χ3n) is 8.44. The van der Waals surface area contributed by atoms with Crippen molar-refractivity contribution in [3.05, 3.63) is 46.3 Å². The molecule has 1 aromatic carbocycles. The van der Waals surface area contributed by atoms with Crippen LogP contribution < -0.4 is 4.90 Å². The van der Waals surface area contributed by atoms with Crippen LogP contribution in [0, 0.1) is 13.8 Å². The minimum atomic E-state index is -0.421. The highest BCUT2D eigenvalue weighted by atomic mass is 16.3. The number of piperazine rings is 1. The maximum absolute atomic E-state index is 13.6. The number of piperidine rings is 1. The molecule has 2 aromatic rings. The number of benzene rings is 1. The molecule has 1 aromatic heterocycles. The first-order valence-corrected chi connectivity index (χ1v) is 13.3. The van der Waals surface area contributed by atoms with Crippen molar-refractivity contribution in [2.45, 2.75) is 78.0 Å². The molecule has 1 unspecified atom stereocenters. The van der Waals surface area contributed by atoms with Crippen molar-refractivity contribution in [1.29, 1.82) is 0 Å². The number of anilines is 1. The zero-order valence-electron chi connectivity index (χ0n) is 22.1. The number of carbonyl (C=O) groups excluding carboxylic acids is 2. The van der Waals surface area contributed by atoms with Crippen LogP contribution in [0.4, 0.5) is 5.69 Å². The summed E-state index contributed by atoms with van der Waals surface area (Å²) in [6, 6.07) is 6.39. The highest BCUT2D eigenvalue weighted by Crippen LogP contribution is 2.32. The number of hydrogen-bond donors (Lipinski definition) is 1. The van der Waals surface area contributed by atoms with E-state index in [1.54, 1.807) is 4.68 Å². The molecule has 2 saturated heterocycles. The number of aliphatic hydroxyl groups is 1. The first-order valence-electron chi connectivity index (χ1n) is 13.3. The molecule has 2 amide bonds. The molecule has 1 aliphatic carbocycles. The Hall–Kier alpha value is -2.87.